The first kappa shape index (κ1) is 22.1. The summed E-state index contributed by atoms with van der Waals surface area (Å²) in [7, 11) is 0. The Morgan fingerprint density at radius 3 is 2.32 bits per heavy atom. The molecule has 1 fully saturated rings. The molecule has 5 heteroatoms. The molecule has 1 aliphatic carbocycles. The van der Waals surface area contributed by atoms with Gasteiger partial charge in [-0.2, -0.15) is 0 Å². The topological polar surface area (TPSA) is 57.5 Å². The molecule has 0 bridgehead atoms. The summed E-state index contributed by atoms with van der Waals surface area (Å²) in [6, 6.07) is 23.8. The second kappa shape index (κ2) is 8.92. The highest BCUT2D eigenvalue weighted by molar-refractivity contribution is 6.17. The summed E-state index contributed by atoms with van der Waals surface area (Å²) in [5.41, 5.74) is 6.41. The summed E-state index contributed by atoms with van der Waals surface area (Å²) in [5, 5.41) is 0.941. The van der Waals surface area contributed by atoms with Crippen LogP contribution in [-0.2, 0) is 20.9 Å². The predicted octanol–water partition coefficient (Wildman–Crippen LogP) is 6.05. The van der Waals surface area contributed by atoms with Gasteiger partial charge in [0, 0.05) is 35.2 Å². The number of fused-ring (bicyclic) bond motifs is 1. The lowest BCUT2D eigenvalue weighted by atomic mass is 9.91. The molecule has 0 unspecified atom stereocenters. The van der Waals surface area contributed by atoms with Crippen LogP contribution in [0.5, 0.6) is 0 Å². The van der Waals surface area contributed by atoms with Crippen molar-refractivity contribution in [1.82, 2.24) is 4.57 Å². The Labute approximate surface area is 198 Å². The van der Waals surface area contributed by atoms with Crippen molar-refractivity contribution in [3.8, 4) is 5.69 Å². The predicted molar refractivity (Wildman–Crippen MR) is 131 cm³/mol. The second-order valence-corrected chi connectivity index (χ2v) is 8.94. The van der Waals surface area contributed by atoms with Gasteiger partial charge in [-0.3, -0.25) is 9.59 Å². The number of rotatable bonds is 8. The molecule has 34 heavy (non-hydrogen) atoms. The van der Waals surface area contributed by atoms with Gasteiger partial charge in [-0.1, -0.05) is 60.2 Å². The van der Waals surface area contributed by atoms with Gasteiger partial charge in [-0.15, -0.1) is 0 Å². The molecule has 0 N–H and O–H groups in total. The van der Waals surface area contributed by atoms with Crippen molar-refractivity contribution in [3.05, 3.63) is 101 Å². The van der Waals surface area contributed by atoms with E-state index in [-0.39, 0.29) is 5.78 Å². The fraction of sp³-hybridized carbons (Fsp3) is 0.241. The average Bonchev–Trinajstić information content (AvgIpc) is 3.13. The zero-order chi connectivity index (χ0) is 23.7. The monoisotopic (exact) mass is 453 g/mol. The molecule has 1 aromatic heterocycles. The first-order chi connectivity index (χ1) is 16.5. The van der Waals surface area contributed by atoms with Crippen molar-refractivity contribution in [2.45, 2.75) is 45.5 Å². The van der Waals surface area contributed by atoms with Crippen LogP contribution in [0, 0.1) is 13.8 Å². The van der Waals surface area contributed by atoms with Crippen molar-refractivity contribution in [2.75, 3.05) is 0 Å². The van der Waals surface area contributed by atoms with Crippen molar-refractivity contribution < 1.29 is 19.1 Å². The van der Waals surface area contributed by atoms with Crippen LogP contribution in [-0.4, -0.2) is 22.6 Å². The Hall–Kier alpha value is -3.70. The number of para-hydroxylation sites is 1. The average molecular weight is 454 g/mol. The Morgan fingerprint density at radius 1 is 0.971 bits per heavy atom. The van der Waals surface area contributed by atoms with E-state index in [4.69, 9.17) is 9.47 Å². The number of carbonyl (C=O) groups excluding carboxylic acids is 2. The molecule has 0 spiro atoms. The molecular weight excluding hydrogens is 426 g/mol. The van der Waals surface area contributed by atoms with Gasteiger partial charge < -0.3 is 14.0 Å². The summed E-state index contributed by atoms with van der Waals surface area (Å²) >= 11 is 0. The number of benzene rings is 3. The minimum Gasteiger partial charge on any atom is -0.435 e. The van der Waals surface area contributed by atoms with Crippen LogP contribution in [0.15, 0.2) is 72.8 Å². The zero-order valence-electron chi connectivity index (χ0n) is 19.4. The maximum Gasteiger partial charge on any atom is 0.295 e. The molecule has 3 aromatic carbocycles. The van der Waals surface area contributed by atoms with Crippen molar-refractivity contribution in [1.29, 1.82) is 0 Å². The molecule has 1 saturated carbocycles. The lowest BCUT2D eigenvalue weighted by molar-refractivity contribution is -0.261. The summed E-state index contributed by atoms with van der Waals surface area (Å²) in [5.74, 6) is -0.739. The number of aromatic nitrogens is 1. The zero-order valence-corrected chi connectivity index (χ0v) is 19.4. The lowest BCUT2D eigenvalue weighted by Crippen LogP contribution is -2.42. The molecule has 0 atom stereocenters. The van der Waals surface area contributed by atoms with Crippen molar-refractivity contribution in [3.63, 3.8) is 0 Å². The maximum absolute atomic E-state index is 13.5. The molecular formula is C29H27NO4. The third-order valence-corrected chi connectivity index (χ3v) is 6.73. The van der Waals surface area contributed by atoms with E-state index in [2.05, 4.69) is 4.57 Å². The van der Waals surface area contributed by atoms with Crippen LogP contribution in [0.4, 0.5) is 0 Å². The third-order valence-electron chi connectivity index (χ3n) is 6.73. The van der Waals surface area contributed by atoms with E-state index in [9.17, 15) is 9.59 Å². The largest absolute Gasteiger partial charge is 0.435 e. The smallest absolute Gasteiger partial charge is 0.295 e. The van der Waals surface area contributed by atoms with Gasteiger partial charge in [-0.05, 0) is 44.0 Å². The first-order valence-corrected chi connectivity index (χ1v) is 11.6. The highest BCUT2D eigenvalue weighted by Gasteiger charge is 2.40. The molecule has 1 heterocycles. The fourth-order valence-electron chi connectivity index (χ4n) is 4.64. The van der Waals surface area contributed by atoms with Crippen LogP contribution < -0.4 is 0 Å². The minimum atomic E-state index is -0.765. The van der Waals surface area contributed by atoms with Gasteiger partial charge in [0.1, 0.15) is 0 Å². The summed E-state index contributed by atoms with van der Waals surface area (Å²) in [6.07, 6.45) is 2.46. The number of ether oxygens (including phenoxy) is 2. The number of hydrogen-bond donors (Lipinski definition) is 0. The van der Waals surface area contributed by atoms with Crippen LogP contribution >= 0.6 is 0 Å². The van der Waals surface area contributed by atoms with E-state index < -0.39 is 5.79 Å². The number of ketones is 1. The summed E-state index contributed by atoms with van der Waals surface area (Å²) < 4.78 is 13.2. The van der Waals surface area contributed by atoms with E-state index in [1.807, 2.05) is 86.6 Å². The Kier molecular flexibility index (Phi) is 5.80. The number of hydrogen-bond acceptors (Lipinski definition) is 4. The quantitative estimate of drug-likeness (QED) is 0.185. The number of nitrogens with zero attached hydrogens (tertiary/aromatic N) is 1. The maximum atomic E-state index is 13.5. The molecule has 0 radical (unpaired) electrons. The second-order valence-electron chi connectivity index (χ2n) is 8.94. The molecule has 5 rings (SSSR count). The molecule has 0 aliphatic heterocycles. The van der Waals surface area contributed by atoms with Gasteiger partial charge in [0.2, 0.25) is 5.79 Å². The van der Waals surface area contributed by atoms with Crippen LogP contribution in [0.3, 0.4) is 0 Å². The van der Waals surface area contributed by atoms with Gasteiger partial charge in [0.05, 0.1) is 17.7 Å². The van der Waals surface area contributed by atoms with Crippen LogP contribution in [0.2, 0.25) is 0 Å². The third kappa shape index (κ3) is 3.93. The Balaban J connectivity index is 1.47. The normalized spacial score (nSPS) is 14.5. The molecule has 1 aliphatic rings. The van der Waals surface area contributed by atoms with Gasteiger partial charge in [-0.25, -0.2) is 0 Å². The SMILES string of the molecule is Cc1ccc(C(=O)c2c(C)n(-c3ccc(COC4(OC=O)CCC4)cc3)c3ccccc23)cc1. The van der Waals surface area contributed by atoms with E-state index >= 15 is 0 Å². The standard InChI is InChI=1S/C29H27NO4/c1-20-8-12-23(13-9-20)28(32)27-21(2)30(26-7-4-3-6-25(26)27)24-14-10-22(11-15-24)18-33-29(34-19-31)16-5-17-29/h3-4,6-15,19H,5,16-18H2,1-2H3. The lowest BCUT2D eigenvalue weighted by Gasteiger charge is -2.39. The highest BCUT2D eigenvalue weighted by atomic mass is 16.7. The molecule has 5 nitrogen and oxygen atoms in total. The van der Waals surface area contributed by atoms with Crippen molar-refractivity contribution >= 4 is 23.2 Å². The van der Waals surface area contributed by atoms with Gasteiger partial charge in [0.25, 0.3) is 6.47 Å². The molecule has 0 amide bonds. The van der Waals surface area contributed by atoms with Crippen LogP contribution in [0.1, 0.15) is 52.0 Å². The number of carbonyl (C=O) groups is 2. The van der Waals surface area contributed by atoms with Gasteiger partial charge in [0.15, 0.2) is 5.78 Å². The van der Waals surface area contributed by atoms with E-state index in [1.54, 1.807) is 0 Å². The number of aryl methyl sites for hydroxylation is 1. The summed E-state index contributed by atoms with van der Waals surface area (Å²) in [4.78, 5) is 24.3. The molecule has 172 valence electrons. The van der Waals surface area contributed by atoms with Crippen LogP contribution in [0.25, 0.3) is 16.6 Å². The van der Waals surface area contributed by atoms with E-state index in [1.165, 1.54) is 0 Å². The molecule has 0 saturated heterocycles. The highest BCUT2D eigenvalue weighted by Crippen LogP contribution is 2.37. The Bertz CT molecular complexity index is 1350. The fourth-order valence-corrected chi connectivity index (χ4v) is 4.64. The van der Waals surface area contributed by atoms with E-state index in [0.717, 1.165) is 58.2 Å². The minimum absolute atomic E-state index is 0.0263. The van der Waals surface area contributed by atoms with E-state index in [0.29, 0.717) is 18.6 Å². The van der Waals surface area contributed by atoms with Gasteiger partial charge >= 0.3 is 0 Å². The summed E-state index contributed by atoms with van der Waals surface area (Å²) in [6.45, 7) is 4.85. The Morgan fingerprint density at radius 2 is 1.68 bits per heavy atom. The van der Waals surface area contributed by atoms with Crippen molar-refractivity contribution in [2.24, 2.45) is 0 Å². The first-order valence-electron chi connectivity index (χ1n) is 11.6. The molecule has 4 aromatic rings.